The van der Waals surface area contributed by atoms with Gasteiger partial charge in [0.1, 0.15) is 5.75 Å². The van der Waals surface area contributed by atoms with Crippen molar-refractivity contribution in [2.45, 2.75) is 51.1 Å². The van der Waals surface area contributed by atoms with Crippen LogP contribution in [-0.4, -0.2) is 57.4 Å². The molecular weight excluding hydrogens is 608 g/mol. The summed E-state index contributed by atoms with van der Waals surface area (Å²) in [7, 11) is 0. The van der Waals surface area contributed by atoms with E-state index in [0.29, 0.717) is 28.7 Å². The van der Waals surface area contributed by atoms with Gasteiger partial charge in [0.2, 0.25) is 11.8 Å². The predicted molar refractivity (Wildman–Crippen MR) is 164 cm³/mol. The first-order valence-electron chi connectivity index (χ1n) is 15.1. The maximum Gasteiger partial charge on any atom is 0.233 e. The molecule has 5 aliphatic rings. The van der Waals surface area contributed by atoms with E-state index in [0.717, 1.165) is 38.0 Å². The summed E-state index contributed by atoms with van der Waals surface area (Å²) in [6, 6.07) is 15.6. The number of hydrogen-bond donors (Lipinski definition) is 1. The van der Waals surface area contributed by atoms with E-state index in [1.807, 2.05) is 30.3 Å². The highest BCUT2D eigenvalue weighted by molar-refractivity contribution is 9.12. The number of carbonyl (C=O) groups is 4. The fraction of sp³-hybridized carbons (Fsp3) is 0.371. The number of amides is 2. The summed E-state index contributed by atoms with van der Waals surface area (Å²) >= 11 is 3.27. The molecule has 0 saturated carbocycles. The number of aromatic hydroxyl groups is 1. The molecule has 7 nitrogen and oxygen atoms in total. The number of nitrogens with zero attached hydrogens (tertiary/aromatic N) is 2. The molecule has 2 aromatic carbocycles. The Morgan fingerprint density at radius 1 is 0.930 bits per heavy atom. The van der Waals surface area contributed by atoms with Crippen molar-refractivity contribution in [3.8, 4) is 5.75 Å². The summed E-state index contributed by atoms with van der Waals surface area (Å²) in [5, 5.41) is 11.1. The Bertz CT molecular complexity index is 1650. The lowest BCUT2D eigenvalue weighted by molar-refractivity contribution is -0.144. The first-order chi connectivity index (χ1) is 20.7. The second-order valence-corrected chi connectivity index (χ2v) is 13.3. The molecule has 0 aromatic heterocycles. The molecule has 0 bridgehead atoms. The molecule has 8 heteroatoms. The van der Waals surface area contributed by atoms with Crippen LogP contribution in [0.4, 0.5) is 0 Å². The largest absolute Gasteiger partial charge is 0.507 e. The quantitative estimate of drug-likeness (QED) is 0.283. The zero-order valence-electron chi connectivity index (χ0n) is 24.0. The zero-order chi connectivity index (χ0) is 30.0. The molecule has 2 amide bonds. The van der Waals surface area contributed by atoms with Gasteiger partial charge in [0.15, 0.2) is 11.6 Å². The van der Waals surface area contributed by atoms with Crippen LogP contribution in [0.15, 0.2) is 81.9 Å². The molecule has 2 saturated heterocycles. The number of ketones is 2. The van der Waals surface area contributed by atoms with Crippen LogP contribution >= 0.6 is 15.9 Å². The number of allylic oxidation sites excluding steroid dienone is 6. The Morgan fingerprint density at radius 2 is 1.67 bits per heavy atom. The number of carbonyl (C=O) groups excluding carboxylic acids is 4. The normalized spacial score (nSPS) is 28.0. The van der Waals surface area contributed by atoms with Gasteiger partial charge in [-0.1, -0.05) is 60.2 Å². The van der Waals surface area contributed by atoms with Crippen LogP contribution in [0.1, 0.15) is 48.3 Å². The second-order valence-electron chi connectivity index (χ2n) is 12.4. The molecule has 2 fully saturated rings. The molecule has 43 heavy (non-hydrogen) atoms. The van der Waals surface area contributed by atoms with Gasteiger partial charge < -0.3 is 5.11 Å². The van der Waals surface area contributed by atoms with Crippen molar-refractivity contribution in [1.29, 1.82) is 0 Å². The Kier molecular flexibility index (Phi) is 7.09. The maximum absolute atomic E-state index is 14.2. The van der Waals surface area contributed by atoms with Gasteiger partial charge in [-0.05, 0) is 65.6 Å². The van der Waals surface area contributed by atoms with Crippen LogP contribution in [0.25, 0.3) is 0 Å². The van der Waals surface area contributed by atoms with Crippen molar-refractivity contribution in [1.82, 2.24) is 9.80 Å². The topological polar surface area (TPSA) is 95.0 Å². The molecule has 2 aliphatic heterocycles. The summed E-state index contributed by atoms with van der Waals surface area (Å²) in [5.41, 5.74) is 4.06. The van der Waals surface area contributed by atoms with E-state index in [2.05, 4.69) is 33.0 Å². The number of aryl methyl sites for hydroxylation is 1. The number of phenolic OH excluding ortho intramolecular Hbond substituents is 1. The second kappa shape index (κ2) is 10.8. The first kappa shape index (κ1) is 28.2. The average Bonchev–Trinajstić information content (AvgIpc) is 3.27. The molecule has 1 N–H and O–H groups in total. The number of imide groups is 1. The SMILES string of the molecule is Cc1cccc(C2C3=CCC4C(=O)N(C5CCN(Cc6ccccc6)CC5)C(=O)C4C3CC3=C2C(=O)C=C(Br)C3=O)c1O. The van der Waals surface area contributed by atoms with Gasteiger partial charge in [0.05, 0.1) is 16.3 Å². The van der Waals surface area contributed by atoms with E-state index in [4.69, 9.17) is 0 Å². The smallest absolute Gasteiger partial charge is 0.233 e. The van der Waals surface area contributed by atoms with Crippen LogP contribution < -0.4 is 0 Å². The van der Waals surface area contributed by atoms with Gasteiger partial charge in [-0.3, -0.25) is 29.0 Å². The number of phenols is 1. The number of halogens is 1. The minimum Gasteiger partial charge on any atom is -0.507 e. The van der Waals surface area contributed by atoms with Crippen LogP contribution in [0.2, 0.25) is 0 Å². The molecule has 2 aromatic rings. The number of fused-ring (bicyclic) bond motifs is 3. The molecule has 4 atom stereocenters. The number of para-hydroxylation sites is 1. The van der Waals surface area contributed by atoms with Crippen LogP contribution in [0.3, 0.4) is 0 Å². The molecule has 220 valence electrons. The van der Waals surface area contributed by atoms with E-state index in [-0.39, 0.29) is 46.1 Å². The third-order valence-electron chi connectivity index (χ3n) is 10.1. The van der Waals surface area contributed by atoms with Gasteiger partial charge in [0, 0.05) is 54.4 Å². The van der Waals surface area contributed by atoms with E-state index in [9.17, 15) is 24.3 Å². The summed E-state index contributed by atoms with van der Waals surface area (Å²) in [5.74, 6) is -2.87. The van der Waals surface area contributed by atoms with Gasteiger partial charge in [-0.2, -0.15) is 0 Å². The highest BCUT2D eigenvalue weighted by Gasteiger charge is 2.57. The van der Waals surface area contributed by atoms with E-state index >= 15 is 0 Å². The van der Waals surface area contributed by atoms with Crippen LogP contribution in [0, 0.1) is 24.7 Å². The van der Waals surface area contributed by atoms with E-state index in [1.54, 1.807) is 24.0 Å². The maximum atomic E-state index is 14.2. The average molecular weight is 642 g/mol. The van der Waals surface area contributed by atoms with Crippen molar-refractivity contribution in [3.05, 3.63) is 98.6 Å². The molecule has 4 unspecified atom stereocenters. The Hall–Kier alpha value is -3.62. The summed E-state index contributed by atoms with van der Waals surface area (Å²) in [4.78, 5) is 58.9. The Morgan fingerprint density at radius 3 is 2.42 bits per heavy atom. The van der Waals surface area contributed by atoms with Crippen molar-refractivity contribution in [2.75, 3.05) is 13.1 Å². The third-order valence-corrected chi connectivity index (χ3v) is 10.7. The minimum absolute atomic E-state index is 0.0783. The highest BCUT2D eigenvalue weighted by Crippen LogP contribution is 2.56. The first-order valence-corrected chi connectivity index (χ1v) is 15.8. The lowest BCUT2D eigenvalue weighted by Crippen LogP contribution is -2.47. The van der Waals surface area contributed by atoms with Crippen molar-refractivity contribution >= 4 is 39.3 Å². The lowest BCUT2D eigenvalue weighted by atomic mass is 9.59. The van der Waals surface area contributed by atoms with Gasteiger partial charge in [0.25, 0.3) is 0 Å². The minimum atomic E-state index is -0.652. The molecule has 0 spiro atoms. The fourth-order valence-electron chi connectivity index (χ4n) is 8.04. The van der Waals surface area contributed by atoms with Crippen LogP contribution in [-0.2, 0) is 25.7 Å². The molecule has 3 aliphatic carbocycles. The summed E-state index contributed by atoms with van der Waals surface area (Å²) in [6.07, 6.45) is 5.40. The Balaban J connectivity index is 1.19. The third kappa shape index (κ3) is 4.57. The number of likely N-dealkylation sites (tertiary alicyclic amines) is 2. The molecule has 2 heterocycles. The van der Waals surface area contributed by atoms with Crippen LogP contribution in [0.5, 0.6) is 5.75 Å². The van der Waals surface area contributed by atoms with Gasteiger partial charge in [-0.25, -0.2) is 0 Å². The van der Waals surface area contributed by atoms with Crippen molar-refractivity contribution in [2.24, 2.45) is 17.8 Å². The summed E-state index contributed by atoms with van der Waals surface area (Å²) < 4.78 is 0.195. The fourth-order valence-corrected chi connectivity index (χ4v) is 8.49. The number of piperidine rings is 1. The van der Waals surface area contributed by atoms with Crippen molar-refractivity contribution < 1.29 is 24.3 Å². The zero-order valence-corrected chi connectivity index (χ0v) is 25.5. The monoisotopic (exact) mass is 640 g/mol. The van der Waals surface area contributed by atoms with Gasteiger partial charge >= 0.3 is 0 Å². The predicted octanol–water partition coefficient (Wildman–Crippen LogP) is 5.13. The standard InChI is InChI=1S/C35H33BrN2O5/c1-19-6-5-9-23(32(19)40)29-22-10-11-24-30(25(22)16-26-31(29)28(39)17-27(36)33(26)41)35(43)38(34(24)42)21-12-14-37(15-13-21)18-20-7-3-2-4-8-20/h2-10,17,21,24-25,29-30,40H,11-16,18H2,1H3. The number of Topliss-reactive ketones (excluding diaryl/α,β-unsaturated/α-hetero) is 1. The molecule has 0 radical (unpaired) electrons. The van der Waals surface area contributed by atoms with E-state index < -0.39 is 23.7 Å². The molecule has 7 rings (SSSR count). The van der Waals surface area contributed by atoms with Gasteiger partial charge in [-0.15, -0.1) is 0 Å². The Labute approximate surface area is 259 Å². The number of hydrogen-bond acceptors (Lipinski definition) is 6. The summed E-state index contributed by atoms with van der Waals surface area (Å²) in [6.45, 7) is 4.26. The molecular formula is C35H33BrN2O5. The van der Waals surface area contributed by atoms with Crippen molar-refractivity contribution in [3.63, 3.8) is 0 Å². The number of benzene rings is 2. The highest BCUT2D eigenvalue weighted by atomic mass is 79.9. The number of rotatable bonds is 4. The lowest BCUT2D eigenvalue weighted by Gasteiger charge is -2.42. The van der Waals surface area contributed by atoms with E-state index in [1.165, 1.54) is 11.6 Å².